The summed E-state index contributed by atoms with van der Waals surface area (Å²) >= 11 is 11.5. The van der Waals surface area contributed by atoms with Crippen molar-refractivity contribution in [2.45, 2.75) is 8.42 Å². The van der Waals surface area contributed by atoms with E-state index in [0.717, 1.165) is 22.7 Å². The molecule has 19 heavy (non-hydrogen) atoms. The van der Waals surface area contributed by atoms with Crippen molar-refractivity contribution in [2.24, 2.45) is 0 Å². The molecule has 2 radical (unpaired) electrons. The van der Waals surface area contributed by atoms with E-state index < -0.39 is 0 Å². The summed E-state index contributed by atoms with van der Waals surface area (Å²) in [4.78, 5) is 10.4. The Kier molecular flexibility index (Phi) is 11.7. The predicted molar refractivity (Wildman–Crippen MR) is 84.9 cm³/mol. The summed E-state index contributed by atoms with van der Waals surface area (Å²) in [6.45, 7) is 0. The molecule has 6 heteroatoms. The van der Waals surface area contributed by atoms with Crippen LogP contribution in [0.3, 0.4) is 0 Å². The quantitative estimate of drug-likeness (QED) is 0.521. The Bertz CT molecular complexity index is 458. The van der Waals surface area contributed by atoms with Gasteiger partial charge >= 0.3 is 21.7 Å². The molecule has 0 unspecified atom stereocenters. The molecular weight excluding hydrogens is 348 g/mol. The van der Waals surface area contributed by atoms with Crippen LogP contribution in [0.2, 0.25) is 0 Å². The van der Waals surface area contributed by atoms with Crippen LogP contribution >= 0.6 is 22.7 Å². The molecule has 1 aromatic heterocycles. The van der Waals surface area contributed by atoms with Gasteiger partial charge in [0, 0.05) is 12.8 Å². The van der Waals surface area contributed by atoms with E-state index in [-0.39, 0.29) is 25.8 Å². The maximum atomic E-state index is 10.4. The molecule has 0 amide bonds. The summed E-state index contributed by atoms with van der Waals surface area (Å²) in [6.07, 6.45) is 20.0. The standard InChI is InChI=1S/2C5H5.C3H2OS4.Ti/c2*1-2-4-5-3-1;4-3-7-1(5)2(6)8-3;/h2*1-5H;5-6H;/q;;;+2/p-2. The summed E-state index contributed by atoms with van der Waals surface area (Å²) in [7, 11) is 0. The third-order valence-electron chi connectivity index (χ3n) is 1.63. The van der Waals surface area contributed by atoms with Crippen LogP contribution < -0.4 is 4.06 Å². The van der Waals surface area contributed by atoms with Crippen LogP contribution in [0.1, 0.15) is 0 Å². The number of hydrogen-bond acceptors (Lipinski definition) is 5. The molecule has 0 aromatic carbocycles. The summed E-state index contributed by atoms with van der Waals surface area (Å²) in [5.74, 6) is 0. The first-order valence-corrected chi connectivity index (χ1v) is 7.46. The minimum Gasteiger partial charge on any atom is -0.429 e. The van der Waals surface area contributed by atoms with Gasteiger partial charge in [-0.1, -0.05) is 48.6 Å². The predicted octanol–water partition coefficient (Wildman–Crippen LogP) is 3.61. The summed E-state index contributed by atoms with van der Waals surface area (Å²) in [6, 6.07) is 0. The van der Waals surface area contributed by atoms with E-state index in [0.29, 0.717) is 8.42 Å². The molecule has 2 aliphatic carbocycles. The van der Waals surface area contributed by atoms with Crippen LogP contribution in [0.5, 0.6) is 0 Å². The van der Waals surface area contributed by atoms with Gasteiger partial charge in [-0.25, -0.2) is 0 Å². The van der Waals surface area contributed by atoms with Crippen LogP contribution in [0, 0.1) is 12.8 Å². The summed E-state index contributed by atoms with van der Waals surface area (Å²) in [5, 5.41) is 0. The first kappa shape index (κ1) is 19.0. The SMILES string of the molecule is O=c1sc([S-])c([S-])s1.[CH]1C=CC=C1.[CH]1C=CC=C1.[Ti+2]. The maximum absolute atomic E-state index is 10.4. The third-order valence-corrected chi connectivity index (χ3v) is 4.67. The van der Waals surface area contributed by atoms with E-state index in [4.69, 9.17) is 25.3 Å². The van der Waals surface area contributed by atoms with Crippen molar-refractivity contribution in [3.8, 4) is 0 Å². The van der Waals surface area contributed by atoms with Crippen molar-refractivity contribution in [3.63, 3.8) is 0 Å². The van der Waals surface area contributed by atoms with Gasteiger partial charge in [-0.15, -0.1) is 8.42 Å². The molecule has 1 heterocycles. The van der Waals surface area contributed by atoms with Crippen LogP contribution in [0.4, 0.5) is 0 Å². The molecule has 0 N–H and O–H groups in total. The molecule has 1 aromatic rings. The van der Waals surface area contributed by atoms with E-state index in [1.807, 2.05) is 61.4 Å². The van der Waals surface area contributed by atoms with Crippen molar-refractivity contribution in [1.29, 1.82) is 0 Å². The Hall–Kier alpha value is -0.0357. The minimum atomic E-state index is 0. The number of rotatable bonds is 0. The smallest absolute Gasteiger partial charge is 0.429 e. The van der Waals surface area contributed by atoms with E-state index >= 15 is 0 Å². The molecule has 2 aliphatic rings. The fraction of sp³-hybridized carbons (Fsp3) is 0. The summed E-state index contributed by atoms with van der Waals surface area (Å²) in [5.41, 5.74) is 0. The van der Waals surface area contributed by atoms with Gasteiger partial charge in [0.2, 0.25) is 0 Å². The molecule has 0 fully saturated rings. The Morgan fingerprint density at radius 2 is 1.00 bits per heavy atom. The molecule has 96 valence electrons. The molecule has 0 atom stereocenters. The Labute approximate surface area is 147 Å². The fourth-order valence-corrected chi connectivity index (χ4v) is 3.30. The van der Waals surface area contributed by atoms with Crippen molar-refractivity contribution in [1.82, 2.24) is 0 Å². The van der Waals surface area contributed by atoms with Gasteiger partial charge in [0.15, 0.2) is 0 Å². The number of hydrogen-bond donors (Lipinski definition) is 0. The summed E-state index contributed by atoms with van der Waals surface area (Å²) < 4.78 is 1.10. The van der Waals surface area contributed by atoms with Gasteiger partial charge in [0.05, 0.1) is 0 Å². The zero-order chi connectivity index (χ0) is 13.2. The van der Waals surface area contributed by atoms with Crippen LogP contribution in [0.15, 0.2) is 61.8 Å². The van der Waals surface area contributed by atoms with Crippen LogP contribution in [0.25, 0.3) is 0 Å². The average Bonchev–Trinajstić information content (AvgIpc) is 3.08. The fourth-order valence-electron chi connectivity index (χ4n) is 0.897. The second kappa shape index (κ2) is 11.8. The largest absolute Gasteiger partial charge is 2.00 e. The van der Waals surface area contributed by atoms with E-state index in [1.54, 1.807) is 0 Å². The first-order valence-electron chi connectivity index (χ1n) is 5.01. The zero-order valence-corrected chi connectivity index (χ0v) is 14.6. The Morgan fingerprint density at radius 3 is 1.11 bits per heavy atom. The molecule has 3 rings (SSSR count). The molecule has 0 aliphatic heterocycles. The first-order chi connectivity index (χ1) is 8.70. The second-order valence-corrected chi connectivity index (χ2v) is 6.51. The molecule has 0 saturated heterocycles. The van der Waals surface area contributed by atoms with Crippen molar-refractivity contribution < 1.29 is 21.7 Å². The van der Waals surface area contributed by atoms with E-state index in [1.165, 1.54) is 0 Å². The molecule has 1 nitrogen and oxygen atoms in total. The second-order valence-electron chi connectivity index (χ2n) is 2.95. The van der Waals surface area contributed by atoms with Gasteiger partial charge < -0.3 is 52.7 Å². The monoisotopic (exact) mass is 358 g/mol. The molecule has 0 saturated carbocycles. The van der Waals surface area contributed by atoms with Gasteiger partial charge in [0.25, 0.3) is 0 Å². The Morgan fingerprint density at radius 1 is 0.684 bits per heavy atom. The van der Waals surface area contributed by atoms with Gasteiger partial charge in [-0.05, 0) is 0 Å². The van der Waals surface area contributed by atoms with E-state index in [9.17, 15) is 4.79 Å². The maximum Gasteiger partial charge on any atom is 2.00 e. The minimum absolute atomic E-state index is 0. The van der Waals surface area contributed by atoms with E-state index in [2.05, 4.69) is 0 Å². The normalized spacial score (nSPS) is 13.3. The van der Waals surface area contributed by atoms with Gasteiger partial charge in [0.1, 0.15) is 4.06 Å². The van der Waals surface area contributed by atoms with Crippen molar-refractivity contribution >= 4 is 47.9 Å². The van der Waals surface area contributed by atoms with Gasteiger partial charge in [-0.3, -0.25) is 0 Å². The Balaban J connectivity index is 0.000000259. The molecule has 0 spiro atoms. The van der Waals surface area contributed by atoms with Crippen molar-refractivity contribution in [3.05, 3.63) is 70.3 Å². The van der Waals surface area contributed by atoms with Crippen LogP contribution in [-0.4, -0.2) is 0 Å². The zero-order valence-electron chi connectivity index (χ0n) is 9.81. The molecular formula is C13H10OS4Ti. The topological polar surface area (TPSA) is 17.1 Å². The van der Waals surface area contributed by atoms with Crippen molar-refractivity contribution in [2.75, 3.05) is 0 Å². The van der Waals surface area contributed by atoms with Gasteiger partial charge in [-0.2, -0.15) is 0 Å². The average molecular weight is 358 g/mol. The molecule has 0 bridgehead atoms. The third kappa shape index (κ3) is 9.49. The van der Waals surface area contributed by atoms with Crippen LogP contribution in [-0.2, 0) is 47.0 Å². The number of allylic oxidation sites excluding steroid dienone is 8.